The number of anilines is 1. The van der Waals surface area contributed by atoms with Gasteiger partial charge in [-0.3, -0.25) is 15.0 Å². The molecule has 2 aromatic rings. The topological polar surface area (TPSA) is 119 Å². The van der Waals surface area contributed by atoms with E-state index in [4.69, 9.17) is 15.2 Å². The third kappa shape index (κ3) is 7.07. The average molecular weight is 484 g/mol. The second-order valence-electron chi connectivity index (χ2n) is 7.58. The molecule has 4 N–H and O–H groups in total. The maximum atomic E-state index is 14.0. The molecule has 3 rings (SSSR count). The molecule has 1 aliphatic heterocycles. The molecule has 1 fully saturated rings. The van der Waals surface area contributed by atoms with E-state index in [1.807, 2.05) is 0 Å². The molecule has 1 aromatic carbocycles. The Bertz CT molecular complexity index is 982. The number of unbranched alkanes of at least 4 members (excludes halogenated alkanes) is 1. The first kappa shape index (κ1) is 24.8. The van der Waals surface area contributed by atoms with Crippen molar-refractivity contribution < 1.29 is 27.8 Å². The van der Waals surface area contributed by atoms with E-state index in [1.54, 1.807) is 0 Å². The van der Waals surface area contributed by atoms with E-state index in [0.29, 0.717) is 6.54 Å². The number of rotatable bonds is 10. The largest absolute Gasteiger partial charge is 0.471 e. The number of aryl methyl sites for hydroxylation is 1. The van der Waals surface area contributed by atoms with Gasteiger partial charge >= 0.3 is 6.03 Å². The zero-order chi connectivity index (χ0) is 23.8. The van der Waals surface area contributed by atoms with Gasteiger partial charge in [-0.1, -0.05) is 0 Å². The van der Waals surface area contributed by atoms with Crippen LogP contribution >= 0.6 is 11.5 Å². The zero-order valence-electron chi connectivity index (χ0n) is 18.3. The lowest BCUT2D eigenvalue weighted by molar-refractivity contribution is 0.0372. The Hall–Kier alpha value is -2.83. The smallest absolute Gasteiger partial charge is 0.319 e. The molecule has 0 saturated carbocycles. The highest BCUT2D eigenvalue weighted by atomic mass is 32.1. The third-order valence-electron chi connectivity index (χ3n) is 5.12. The normalized spacial score (nSPS) is 14.2. The van der Waals surface area contributed by atoms with Crippen LogP contribution in [0.3, 0.4) is 0 Å². The summed E-state index contributed by atoms with van der Waals surface area (Å²) >= 11 is 0.806. The van der Waals surface area contributed by atoms with Gasteiger partial charge < -0.3 is 20.5 Å². The van der Waals surface area contributed by atoms with Gasteiger partial charge in [-0.05, 0) is 55.5 Å². The van der Waals surface area contributed by atoms with E-state index in [0.717, 1.165) is 69.4 Å². The van der Waals surface area contributed by atoms with Crippen LogP contribution in [0.15, 0.2) is 12.1 Å². The summed E-state index contributed by atoms with van der Waals surface area (Å²) in [5.74, 6) is -2.24. The second kappa shape index (κ2) is 11.9. The van der Waals surface area contributed by atoms with Crippen LogP contribution in [-0.2, 0) is 11.3 Å². The molecule has 0 bridgehead atoms. The number of carbonyl (C=O) groups is 2. The van der Waals surface area contributed by atoms with Gasteiger partial charge in [-0.2, -0.15) is 4.37 Å². The van der Waals surface area contributed by atoms with Gasteiger partial charge in [0.25, 0.3) is 5.91 Å². The van der Waals surface area contributed by atoms with Crippen LogP contribution < -0.4 is 21.1 Å². The number of nitrogens with one attached hydrogen (secondary N) is 2. The Kier molecular flexibility index (Phi) is 8.92. The van der Waals surface area contributed by atoms with Crippen molar-refractivity contribution >= 4 is 28.5 Å². The summed E-state index contributed by atoms with van der Waals surface area (Å²) in [6.45, 7) is 5.84. The number of hydrogen-bond acceptors (Lipinski definition) is 7. The van der Waals surface area contributed by atoms with Crippen molar-refractivity contribution in [3.63, 3.8) is 0 Å². The molecule has 180 valence electrons. The average Bonchev–Trinajstić information content (AvgIpc) is 3.18. The quantitative estimate of drug-likeness (QED) is 0.447. The number of urea groups is 1. The molecule has 33 heavy (non-hydrogen) atoms. The van der Waals surface area contributed by atoms with Crippen molar-refractivity contribution in [2.24, 2.45) is 5.73 Å². The summed E-state index contributed by atoms with van der Waals surface area (Å²) in [5.41, 5.74) is 5.42. The summed E-state index contributed by atoms with van der Waals surface area (Å²) < 4.78 is 42.4. The van der Waals surface area contributed by atoms with Crippen LogP contribution in [0.25, 0.3) is 0 Å². The molecule has 0 radical (unpaired) electrons. The summed E-state index contributed by atoms with van der Waals surface area (Å²) in [5, 5.41) is 5.38. The Morgan fingerprint density at radius 2 is 2.00 bits per heavy atom. The van der Waals surface area contributed by atoms with E-state index in [1.165, 1.54) is 6.92 Å². The summed E-state index contributed by atoms with van der Waals surface area (Å²) in [4.78, 5) is 26.4. The maximum Gasteiger partial charge on any atom is 0.319 e. The highest BCUT2D eigenvalue weighted by Gasteiger charge is 2.22. The molecule has 0 atom stereocenters. The zero-order valence-corrected chi connectivity index (χ0v) is 19.1. The fourth-order valence-electron chi connectivity index (χ4n) is 3.26. The van der Waals surface area contributed by atoms with Gasteiger partial charge in [0, 0.05) is 25.2 Å². The molecule has 1 aliphatic rings. The van der Waals surface area contributed by atoms with Crippen molar-refractivity contribution in [3.05, 3.63) is 40.5 Å². The van der Waals surface area contributed by atoms with Crippen LogP contribution in [-0.4, -0.2) is 60.6 Å². The molecule has 2 heterocycles. The lowest BCUT2D eigenvalue weighted by Gasteiger charge is -2.26. The van der Waals surface area contributed by atoms with Gasteiger partial charge in [0.1, 0.15) is 28.8 Å². The van der Waals surface area contributed by atoms with E-state index < -0.39 is 23.6 Å². The van der Waals surface area contributed by atoms with Crippen molar-refractivity contribution in [3.8, 4) is 5.88 Å². The Morgan fingerprint density at radius 1 is 1.24 bits per heavy atom. The molecule has 0 aliphatic carbocycles. The Labute approximate surface area is 194 Å². The summed E-state index contributed by atoms with van der Waals surface area (Å²) in [6.07, 6.45) is 1.73. The van der Waals surface area contributed by atoms with Crippen LogP contribution in [0, 0.1) is 18.6 Å². The van der Waals surface area contributed by atoms with E-state index >= 15 is 0 Å². The number of hydrogen-bond donors (Lipinski definition) is 3. The number of aromatic nitrogens is 1. The Balaban J connectivity index is 1.49. The maximum absolute atomic E-state index is 14.0. The highest BCUT2D eigenvalue weighted by molar-refractivity contribution is 7.11. The first-order valence-electron chi connectivity index (χ1n) is 10.6. The van der Waals surface area contributed by atoms with E-state index in [2.05, 4.69) is 19.9 Å². The SMILES string of the molecule is Cc1cc(F)c(COc2nsc(NC(=O)NCCCCN3CCOCC3)c2C(N)=O)cc1F. The molecule has 9 nitrogen and oxygen atoms in total. The highest BCUT2D eigenvalue weighted by Crippen LogP contribution is 2.31. The minimum atomic E-state index is -0.866. The van der Waals surface area contributed by atoms with E-state index in [9.17, 15) is 18.4 Å². The van der Waals surface area contributed by atoms with Crippen molar-refractivity contribution in [2.75, 3.05) is 44.7 Å². The summed E-state index contributed by atoms with van der Waals surface area (Å²) in [7, 11) is 0. The number of nitrogens with two attached hydrogens (primary N) is 1. The first-order chi connectivity index (χ1) is 15.8. The molecule has 0 spiro atoms. The minimum Gasteiger partial charge on any atom is -0.471 e. The number of nitrogens with zero attached hydrogens (tertiary/aromatic N) is 2. The van der Waals surface area contributed by atoms with Gasteiger partial charge in [0.2, 0.25) is 5.88 Å². The number of amides is 3. The fraction of sp³-hybridized carbons (Fsp3) is 0.476. The van der Waals surface area contributed by atoms with Crippen molar-refractivity contribution in [2.45, 2.75) is 26.4 Å². The third-order valence-corrected chi connectivity index (χ3v) is 5.86. The Morgan fingerprint density at radius 3 is 2.73 bits per heavy atom. The first-order valence-corrected chi connectivity index (χ1v) is 11.3. The van der Waals surface area contributed by atoms with Crippen molar-refractivity contribution in [1.82, 2.24) is 14.6 Å². The van der Waals surface area contributed by atoms with Crippen LogP contribution in [0.1, 0.15) is 34.3 Å². The lowest BCUT2D eigenvalue weighted by Crippen LogP contribution is -2.37. The fourth-order valence-corrected chi connectivity index (χ4v) is 3.99. The van der Waals surface area contributed by atoms with Gasteiger partial charge in [0.05, 0.1) is 13.2 Å². The number of carbonyl (C=O) groups excluding carboxylic acids is 2. The summed E-state index contributed by atoms with van der Waals surface area (Å²) in [6, 6.07) is 1.57. The number of morpholine rings is 1. The number of benzene rings is 1. The monoisotopic (exact) mass is 483 g/mol. The molecular formula is C21H27F2N5O4S. The number of halogens is 2. The molecule has 1 aromatic heterocycles. The van der Waals surface area contributed by atoms with Crippen LogP contribution in [0.4, 0.5) is 18.6 Å². The van der Waals surface area contributed by atoms with Gasteiger partial charge in [0.15, 0.2) is 0 Å². The molecule has 1 saturated heterocycles. The predicted molar refractivity (Wildman–Crippen MR) is 120 cm³/mol. The second-order valence-corrected chi connectivity index (χ2v) is 8.35. The molecule has 12 heteroatoms. The minimum absolute atomic E-state index is 0.0362. The number of primary amides is 1. The predicted octanol–water partition coefficient (Wildman–Crippen LogP) is 2.64. The van der Waals surface area contributed by atoms with Crippen molar-refractivity contribution in [1.29, 1.82) is 0 Å². The van der Waals surface area contributed by atoms with E-state index in [-0.39, 0.29) is 34.2 Å². The lowest BCUT2D eigenvalue weighted by atomic mass is 10.1. The molecule has 0 unspecified atom stereocenters. The standard InChI is InChI=1S/C21H27F2N5O4S/c1-13-10-16(23)14(11-15(13)22)12-32-19-17(18(24)29)20(33-27-19)26-21(30)25-4-2-3-5-28-6-8-31-9-7-28/h10-11H,2-9,12H2,1H3,(H2,24,29)(H2,25,26,30). The molecular weight excluding hydrogens is 456 g/mol. The number of ether oxygens (including phenoxy) is 2. The van der Waals surface area contributed by atoms with Gasteiger partial charge in [-0.25, -0.2) is 13.6 Å². The van der Waals surface area contributed by atoms with Crippen LogP contribution in [0.5, 0.6) is 5.88 Å². The molecule has 3 amide bonds. The van der Waals surface area contributed by atoms with Crippen LogP contribution in [0.2, 0.25) is 0 Å². The van der Waals surface area contributed by atoms with Gasteiger partial charge in [-0.15, -0.1) is 0 Å².